The molecule has 1 fully saturated rings. The van der Waals surface area contributed by atoms with Crippen molar-refractivity contribution in [2.45, 2.75) is 45.2 Å². The van der Waals surface area contributed by atoms with Gasteiger partial charge in [0.25, 0.3) is 0 Å². The van der Waals surface area contributed by atoms with Crippen LogP contribution in [-0.4, -0.2) is 37.2 Å². The molecule has 2 N–H and O–H groups in total. The first-order valence-electron chi connectivity index (χ1n) is 7.80. The number of ether oxygens (including phenoxy) is 1. The van der Waals surface area contributed by atoms with Crippen LogP contribution in [0.2, 0.25) is 0 Å². The SMILES string of the molecule is CCC1COCCN1C(CN)c1ccc(C(C)C)cc1. The summed E-state index contributed by atoms with van der Waals surface area (Å²) in [6, 6.07) is 9.77. The topological polar surface area (TPSA) is 38.5 Å². The van der Waals surface area contributed by atoms with Crippen LogP contribution in [0.15, 0.2) is 24.3 Å². The summed E-state index contributed by atoms with van der Waals surface area (Å²) < 4.78 is 5.60. The van der Waals surface area contributed by atoms with Crippen LogP contribution in [-0.2, 0) is 4.74 Å². The van der Waals surface area contributed by atoms with Gasteiger partial charge < -0.3 is 10.5 Å². The van der Waals surface area contributed by atoms with Crippen molar-refractivity contribution >= 4 is 0 Å². The van der Waals surface area contributed by atoms with Crippen molar-refractivity contribution in [1.29, 1.82) is 0 Å². The highest BCUT2D eigenvalue weighted by atomic mass is 16.5. The molecule has 1 aliphatic heterocycles. The molecule has 1 aromatic carbocycles. The highest BCUT2D eigenvalue weighted by molar-refractivity contribution is 5.27. The first kappa shape index (κ1) is 15.5. The largest absolute Gasteiger partial charge is 0.378 e. The Balaban J connectivity index is 2.17. The van der Waals surface area contributed by atoms with Crippen molar-refractivity contribution in [1.82, 2.24) is 4.90 Å². The molecular weight excluding hydrogens is 248 g/mol. The molecule has 0 amide bonds. The predicted octanol–water partition coefficient (Wildman–Crippen LogP) is 2.92. The van der Waals surface area contributed by atoms with Crippen molar-refractivity contribution in [2.24, 2.45) is 5.73 Å². The van der Waals surface area contributed by atoms with Crippen LogP contribution >= 0.6 is 0 Å². The van der Waals surface area contributed by atoms with Crippen molar-refractivity contribution in [3.63, 3.8) is 0 Å². The van der Waals surface area contributed by atoms with Gasteiger partial charge in [-0.15, -0.1) is 0 Å². The summed E-state index contributed by atoms with van der Waals surface area (Å²) in [7, 11) is 0. The standard InChI is InChI=1S/C17H28N2O/c1-4-16-12-20-10-9-19(16)17(11-18)15-7-5-14(6-8-15)13(2)3/h5-8,13,16-17H,4,9-12,18H2,1-3H3. The minimum Gasteiger partial charge on any atom is -0.378 e. The lowest BCUT2D eigenvalue weighted by molar-refractivity contribution is -0.0291. The highest BCUT2D eigenvalue weighted by Gasteiger charge is 2.28. The molecule has 2 rings (SSSR count). The molecule has 112 valence electrons. The molecule has 0 saturated carbocycles. The summed E-state index contributed by atoms with van der Waals surface area (Å²) in [5.41, 5.74) is 8.79. The molecule has 2 atom stereocenters. The van der Waals surface area contributed by atoms with Gasteiger partial charge in [-0.3, -0.25) is 4.90 Å². The molecule has 1 aromatic rings. The van der Waals surface area contributed by atoms with Gasteiger partial charge in [0.1, 0.15) is 0 Å². The molecule has 0 spiro atoms. The first-order valence-corrected chi connectivity index (χ1v) is 7.80. The van der Waals surface area contributed by atoms with Crippen LogP contribution in [0.4, 0.5) is 0 Å². The number of hydrogen-bond donors (Lipinski definition) is 1. The minimum atomic E-state index is 0.310. The van der Waals surface area contributed by atoms with E-state index in [0.29, 0.717) is 24.5 Å². The van der Waals surface area contributed by atoms with Gasteiger partial charge in [-0.2, -0.15) is 0 Å². The zero-order valence-electron chi connectivity index (χ0n) is 13.0. The normalized spacial score (nSPS) is 22.1. The van der Waals surface area contributed by atoms with E-state index in [1.165, 1.54) is 11.1 Å². The summed E-state index contributed by atoms with van der Waals surface area (Å²) in [4.78, 5) is 2.52. The fourth-order valence-corrected chi connectivity index (χ4v) is 3.00. The number of hydrogen-bond acceptors (Lipinski definition) is 3. The third-order valence-electron chi connectivity index (χ3n) is 4.36. The average molecular weight is 276 g/mol. The summed E-state index contributed by atoms with van der Waals surface area (Å²) >= 11 is 0. The van der Waals surface area contributed by atoms with Gasteiger partial charge in [0.15, 0.2) is 0 Å². The Labute approximate surface area is 123 Å². The lowest BCUT2D eigenvalue weighted by atomic mass is 9.97. The predicted molar refractivity (Wildman–Crippen MR) is 83.9 cm³/mol. The fourth-order valence-electron chi connectivity index (χ4n) is 3.00. The summed E-state index contributed by atoms with van der Waals surface area (Å²) in [5, 5.41) is 0. The van der Waals surface area contributed by atoms with Crippen molar-refractivity contribution < 1.29 is 4.74 Å². The zero-order valence-corrected chi connectivity index (χ0v) is 13.0. The molecule has 0 radical (unpaired) electrons. The molecule has 0 aliphatic carbocycles. The minimum absolute atomic E-state index is 0.310. The Morgan fingerprint density at radius 3 is 2.45 bits per heavy atom. The quantitative estimate of drug-likeness (QED) is 0.898. The summed E-state index contributed by atoms with van der Waals surface area (Å²) in [5.74, 6) is 0.576. The van der Waals surface area contributed by atoms with Gasteiger partial charge in [0, 0.05) is 25.2 Å². The van der Waals surface area contributed by atoms with Gasteiger partial charge in [0.05, 0.1) is 13.2 Å². The van der Waals surface area contributed by atoms with Crippen LogP contribution in [0.3, 0.4) is 0 Å². The van der Waals surface area contributed by atoms with Crippen LogP contribution in [0.25, 0.3) is 0 Å². The maximum absolute atomic E-state index is 6.07. The number of nitrogens with zero attached hydrogens (tertiary/aromatic N) is 1. The molecule has 0 aromatic heterocycles. The van der Waals surface area contributed by atoms with E-state index < -0.39 is 0 Å². The van der Waals surface area contributed by atoms with E-state index in [-0.39, 0.29) is 0 Å². The van der Waals surface area contributed by atoms with Gasteiger partial charge in [-0.1, -0.05) is 45.0 Å². The van der Waals surface area contributed by atoms with Crippen molar-refractivity contribution in [3.05, 3.63) is 35.4 Å². The summed E-state index contributed by atoms with van der Waals surface area (Å²) in [6.07, 6.45) is 1.11. The van der Waals surface area contributed by atoms with Gasteiger partial charge >= 0.3 is 0 Å². The van der Waals surface area contributed by atoms with Crippen molar-refractivity contribution in [3.8, 4) is 0 Å². The third kappa shape index (κ3) is 3.40. The van der Waals surface area contributed by atoms with Gasteiger partial charge in [-0.25, -0.2) is 0 Å². The van der Waals surface area contributed by atoms with Crippen LogP contribution < -0.4 is 5.73 Å². The molecule has 3 nitrogen and oxygen atoms in total. The number of benzene rings is 1. The van der Waals surface area contributed by atoms with Gasteiger partial charge in [-0.05, 0) is 23.5 Å². The second-order valence-corrected chi connectivity index (χ2v) is 5.95. The monoisotopic (exact) mass is 276 g/mol. The molecule has 1 heterocycles. The zero-order chi connectivity index (χ0) is 14.5. The molecular formula is C17H28N2O. The second-order valence-electron chi connectivity index (χ2n) is 5.95. The smallest absolute Gasteiger partial charge is 0.0622 e. The summed E-state index contributed by atoms with van der Waals surface area (Å²) in [6.45, 7) is 9.97. The Kier molecular flexibility index (Phi) is 5.58. The Morgan fingerprint density at radius 1 is 1.25 bits per heavy atom. The van der Waals surface area contributed by atoms with Crippen LogP contribution in [0.1, 0.15) is 50.3 Å². The van der Waals surface area contributed by atoms with E-state index in [2.05, 4.69) is 49.9 Å². The molecule has 2 unspecified atom stereocenters. The number of rotatable bonds is 5. The van der Waals surface area contributed by atoms with E-state index in [1.54, 1.807) is 0 Å². The van der Waals surface area contributed by atoms with E-state index in [4.69, 9.17) is 10.5 Å². The average Bonchev–Trinajstić information content (AvgIpc) is 2.49. The maximum Gasteiger partial charge on any atom is 0.0622 e. The maximum atomic E-state index is 6.07. The van der Waals surface area contributed by atoms with E-state index in [0.717, 1.165) is 26.2 Å². The Bertz CT molecular complexity index is 402. The Hall–Kier alpha value is -0.900. The first-order chi connectivity index (χ1) is 9.67. The number of nitrogens with two attached hydrogens (primary N) is 1. The van der Waals surface area contributed by atoms with Crippen molar-refractivity contribution in [2.75, 3.05) is 26.3 Å². The lowest BCUT2D eigenvalue weighted by Gasteiger charge is -2.40. The van der Waals surface area contributed by atoms with Gasteiger partial charge in [0.2, 0.25) is 0 Å². The Morgan fingerprint density at radius 2 is 1.90 bits per heavy atom. The fraction of sp³-hybridized carbons (Fsp3) is 0.647. The van der Waals surface area contributed by atoms with E-state index in [9.17, 15) is 0 Å². The van der Waals surface area contributed by atoms with E-state index >= 15 is 0 Å². The number of morpholine rings is 1. The second kappa shape index (κ2) is 7.21. The lowest BCUT2D eigenvalue weighted by Crippen LogP contribution is -2.48. The van der Waals surface area contributed by atoms with Crippen LogP contribution in [0, 0.1) is 0 Å². The highest BCUT2D eigenvalue weighted by Crippen LogP contribution is 2.26. The molecule has 1 aliphatic rings. The molecule has 20 heavy (non-hydrogen) atoms. The van der Waals surface area contributed by atoms with E-state index in [1.807, 2.05) is 0 Å². The molecule has 1 saturated heterocycles. The third-order valence-corrected chi connectivity index (χ3v) is 4.36. The molecule has 3 heteroatoms. The molecule has 0 bridgehead atoms. The van der Waals surface area contributed by atoms with Crippen LogP contribution in [0.5, 0.6) is 0 Å².